The van der Waals surface area contributed by atoms with Gasteiger partial charge >= 0.3 is 0 Å². The maximum absolute atomic E-state index is 10.8. The van der Waals surface area contributed by atoms with E-state index < -0.39 is 9.85 Å². The van der Waals surface area contributed by atoms with Crippen molar-refractivity contribution in [2.45, 2.75) is 0 Å². The van der Waals surface area contributed by atoms with Crippen molar-refractivity contribution >= 4 is 22.7 Å². The number of hydrazine groups is 1. The minimum atomic E-state index is -0.529. The molecular weight excluding hydrogens is 320 g/mol. The number of nitrogens with one attached hydrogen (secondary N) is 2. The van der Waals surface area contributed by atoms with Crippen LogP contribution in [0.4, 0.5) is 22.7 Å². The zero-order chi connectivity index (χ0) is 17.7. The Hall–Kier alpha value is -3.56. The van der Waals surface area contributed by atoms with Crippen LogP contribution in [-0.4, -0.2) is 24.1 Å². The van der Waals surface area contributed by atoms with Gasteiger partial charge in [-0.3, -0.25) is 31.1 Å². The summed E-state index contributed by atoms with van der Waals surface area (Å²) < 4.78 is 10.2. The molecule has 0 radical (unpaired) electrons. The first-order valence-corrected chi connectivity index (χ1v) is 6.63. The maximum atomic E-state index is 10.8. The van der Waals surface area contributed by atoms with E-state index in [4.69, 9.17) is 9.47 Å². The Labute approximate surface area is 136 Å². The summed E-state index contributed by atoms with van der Waals surface area (Å²) in [5.41, 5.74) is 6.33. The number of hydrogen-bond donors (Lipinski definition) is 2. The Morgan fingerprint density at radius 3 is 1.46 bits per heavy atom. The molecule has 2 aromatic rings. The van der Waals surface area contributed by atoms with Crippen LogP contribution in [0.2, 0.25) is 0 Å². The molecule has 0 amide bonds. The van der Waals surface area contributed by atoms with Gasteiger partial charge in [0.2, 0.25) is 0 Å². The number of nitro benzene ring substituents is 2. The number of rotatable bonds is 7. The lowest BCUT2D eigenvalue weighted by molar-refractivity contribution is -0.385. The lowest BCUT2D eigenvalue weighted by Gasteiger charge is -2.15. The van der Waals surface area contributed by atoms with E-state index in [1.807, 2.05) is 0 Å². The van der Waals surface area contributed by atoms with Crippen LogP contribution in [0.15, 0.2) is 36.4 Å². The molecule has 2 N–H and O–H groups in total. The molecule has 126 valence electrons. The van der Waals surface area contributed by atoms with E-state index in [2.05, 4.69) is 10.9 Å². The molecule has 0 aromatic heterocycles. The molecule has 10 nitrogen and oxygen atoms in total. The molecule has 0 aliphatic heterocycles. The highest BCUT2D eigenvalue weighted by atomic mass is 16.6. The monoisotopic (exact) mass is 334 g/mol. The molecule has 2 aromatic carbocycles. The van der Waals surface area contributed by atoms with Crippen molar-refractivity contribution < 1.29 is 19.3 Å². The van der Waals surface area contributed by atoms with Crippen molar-refractivity contribution in [1.82, 2.24) is 0 Å². The van der Waals surface area contributed by atoms with Crippen molar-refractivity contribution in [2.75, 3.05) is 25.1 Å². The number of non-ortho nitro benzene ring substituents is 2. The Kier molecular flexibility index (Phi) is 5.00. The standard InChI is InChI=1S/C14H14N4O6/c1-23-13-7-9(17(19)20)3-5-11(13)15-16-12-6-4-10(18(21)22)8-14(12)24-2/h3-8,15-16H,1-2H3. The molecule has 2 rings (SSSR count). The molecule has 0 aliphatic carbocycles. The van der Waals surface area contributed by atoms with Crippen molar-refractivity contribution in [1.29, 1.82) is 0 Å². The lowest BCUT2D eigenvalue weighted by atomic mass is 10.2. The van der Waals surface area contributed by atoms with Gasteiger partial charge < -0.3 is 9.47 Å². The lowest BCUT2D eigenvalue weighted by Crippen LogP contribution is -2.11. The van der Waals surface area contributed by atoms with Gasteiger partial charge in [0.1, 0.15) is 0 Å². The van der Waals surface area contributed by atoms with Crippen LogP contribution < -0.4 is 20.3 Å². The third-order valence-corrected chi connectivity index (χ3v) is 3.12. The molecule has 0 heterocycles. The number of nitrogens with zero attached hydrogens (tertiary/aromatic N) is 2. The second kappa shape index (κ2) is 7.13. The third kappa shape index (κ3) is 3.61. The zero-order valence-electron chi connectivity index (χ0n) is 12.8. The van der Waals surface area contributed by atoms with Crippen LogP contribution in [0.25, 0.3) is 0 Å². The first-order chi connectivity index (χ1) is 11.5. The van der Waals surface area contributed by atoms with E-state index in [-0.39, 0.29) is 22.9 Å². The minimum Gasteiger partial charge on any atom is -0.494 e. The summed E-state index contributed by atoms with van der Waals surface area (Å²) in [5.74, 6) is 0.523. The summed E-state index contributed by atoms with van der Waals surface area (Å²) >= 11 is 0. The summed E-state index contributed by atoms with van der Waals surface area (Å²) in [6.07, 6.45) is 0. The van der Waals surface area contributed by atoms with Gasteiger partial charge in [0.25, 0.3) is 11.4 Å². The molecule has 0 atom stereocenters. The highest BCUT2D eigenvalue weighted by molar-refractivity contribution is 5.67. The quantitative estimate of drug-likeness (QED) is 0.584. The molecule has 10 heteroatoms. The smallest absolute Gasteiger partial charge is 0.273 e. The van der Waals surface area contributed by atoms with Gasteiger partial charge in [-0.05, 0) is 12.1 Å². The second-order valence-electron chi connectivity index (χ2n) is 4.53. The Morgan fingerprint density at radius 2 is 1.17 bits per heavy atom. The fraction of sp³-hybridized carbons (Fsp3) is 0.143. The van der Waals surface area contributed by atoms with Crippen LogP contribution in [0.3, 0.4) is 0 Å². The Morgan fingerprint density at radius 1 is 0.792 bits per heavy atom. The minimum absolute atomic E-state index is 0.106. The number of nitro groups is 2. The summed E-state index contributed by atoms with van der Waals surface area (Å²) in [6, 6.07) is 8.14. The molecule has 0 bridgehead atoms. The average Bonchev–Trinajstić information content (AvgIpc) is 2.59. The second-order valence-corrected chi connectivity index (χ2v) is 4.53. The highest BCUT2D eigenvalue weighted by Crippen LogP contribution is 2.32. The van der Waals surface area contributed by atoms with Gasteiger partial charge in [-0.2, -0.15) is 0 Å². The van der Waals surface area contributed by atoms with Crippen LogP contribution in [0.1, 0.15) is 0 Å². The van der Waals surface area contributed by atoms with Gasteiger partial charge in [0, 0.05) is 12.1 Å². The molecule has 0 fully saturated rings. The summed E-state index contributed by atoms with van der Waals surface area (Å²) in [6.45, 7) is 0. The fourth-order valence-corrected chi connectivity index (χ4v) is 1.93. The molecule has 24 heavy (non-hydrogen) atoms. The van der Waals surface area contributed by atoms with E-state index in [0.717, 1.165) is 0 Å². The number of ether oxygens (including phenoxy) is 2. The predicted molar refractivity (Wildman–Crippen MR) is 86.5 cm³/mol. The molecule has 0 saturated carbocycles. The first-order valence-electron chi connectivity index (χ1n) is 6.63. The van der Waals surface area contributed by atoms with E-state index in [9.17, 15) is 20.2 Å². The molecule has 0 aliphatic rings. The molecular formula is C14H14N4O6. The van der Waals surface area contributed by atoms with Gasteiger partial charge in [-0.25, -0.2) is 0 Å². The van der Waals surface area contributed by atoms with E-state index in [1.165, 1.54) is 50.6 Å². The molecule has 0 unspecified atom stereocenters. The van der Waals surface area contributed by atoms with Gasteiger partial charge in [-0.1, -0.05) is 0 Å². The van der Waals surface area contributed by atoms with Crippen LogP contribution in [0.5, 0.6) is 11.5 Å². The molecule has 0 saturated heterocycles. The number of benzene rings is 2. The van der Waals surface area contributed by atoms with Crippen molar-refractivity contribution in [3.8, 4) is 11.5 Å². The Balaban J connectivity index is 2.21. The topological polar surface area (TPSA) is 129 Å². The fourth-order valence-electron chi connectivity index (χ4n) is 1.93. The van der Waals surface area contributed by atoms with Crippen molar-refractivity contribution in [2.24, 2.45) is 0 Å². The van der Waals surface area contributed by atoms with Crippen LogP contribution in [-0.2, 0) is 0 Å². The first kappa shape index (κ1) is 16.8. The number of methoxy groups -OCH3 is 2. The van der Waals surface area contributed by atoms with E-state index in [0.29, 0.717) is 11.4 Å². The van der Waals surface area contributed by atoms with Gasteiger partial charge in [-0.15, -0.1) is 0 Å². The van der Waals surface area contributed by atoms with Crippen molar-refractivity contribution in [3.05, 3.63) is 56.6 Å². The zero-order valence-corrected chi connectivity index (χ0v) is 12.8. The summed E-state index contributed by atoms with van der Waals surface area (Å²) in [7, 11) is 2.77. The molecule has 0 spiro atoms. The maximum Gasteiger partial charge on any atom is 0.273 e. The van der Waals surface area contributed by atoms with Crippen LogP contribution >= 0.6 is 0 Å². The third-order valence-electron chi connectivity index (χ3n) is 3.12. The average molecular weight is 334 g/mol. The Bertz CT molecular complexity index is 714. The van der Waals surface area contributed by atoms with Gasteiger partial charge in [0.05, 0.1) is 47.6 Å². The highest BCUT2D eigenvalue weighted by Gasteiger charge is 2.13. The van der Waals surface area contributed by atoms with Gasteiger partial charge in [0.15, 0.2) is 11.5 Å². The SMILES string of the molecule is COc1cc([N+](=O)[O-])ccc1NNc1ccc([N+](=O)[O-])cc1OC. The van der Waals surface area contributed by atoms with E-state index >= 15 is 0 Å². The van der Waals surface area contributed by atoms with Crippen molar-refractivity contribution in [3.63, 3.8) is 0 Å². The van der Waals surface area contributed by atoms with E-state index in [1.54, 1.807) is 0 Å². The number of hydrogen-bond acceptors (Lipinski definition) is 8. The largest absolute Gasteiger partial charge is 0.494 e. The summed E-state index contributed by atoms with van der Waals surface area (Å²) in [4.78, 5) is 20.5. The normalized spacial score (nSPS) is 9.92. The number of anilines is 2. The predicted octanol–water partition coefficient (Wildman–Crippen LogP) is 2.96. The van der Waals surface area contributed by atoms with Crippen LogP contribution in [0, 0.1) is 20.2 Å². The summed E-state index contributed by atoms with van der Waals surface area (Å²) in [5, 5.41) is 21.5.